The van der Waals surface area contributed by atoms with Crippen LogP contribution in [0.1, 0.15) is 29.5 Å². The smallest absolute Gasteiger partial charge is 0.187 e. The van der Waals surface area contributed by atoms with Gasteiger partial charge in [-0.15, -0.1) is 0 Å². The van der Waals surface area contributed by atoms with Crippen LogP contribution in [-0.2, 0) is 16.9 Å². The second-order valence-corrected chi connectivity index (χ2v) is 5.47. The highest BCUT2D eigenvalue weighted by Gasteiger charge is 2.41. The van der Waals surface area contributed by atoms with Gasteiger partial charge in [-0.05, 0) is 48.2 Å². The van der Waals surface area contributed by atoms with Crippen molar-refractivity contribution >= 4 is 5.69 Å². The summed E-state index contributed by atoms with van der Waals surface area (Å²) in [4.78, 5) is 3.47. The van der Waals surface area contributed by atoms with Gasteiger partial charge in [0, 0.05) is 0 Å². The van der Waals surface area contributed by atoms with Gasteiger partial charge < -0.3 is 10.5 Å². The highest BCUT2D eigenvalue weighted by atomic mass is 19.1. The summed E-state index contributed by atoms with van der Waals surface area (Å²) in [5, 5.41) is 0. The topological polar surface area (TPSA) is 39.6 Å². The van der Waals surface area contributed by atoms with Gasteiger partial charge in [-0.3, -0.25) is 0 Å². The Bertz CT molecular complexity index is 721. The number of hydrogen-bond donors (Lipinski definition) is 1. The SMILES string of the molecule is [C-]#[N+]c1ccc2c(c1)COC2(CCCN)c1ccc(F)cc1. The zero-order valence-corrected chi connectivity index (χ0v) is 12.2. The first-order valence-corrected chi connectivity index (χ1v) is 7.30. The predicted octanol–water partition coefficient (Wildman–Crippen LogP) is 3.89. The third-order valence-corrected chi connectivity index (χ3v) is 4.17. The lowest BCUT2D eigenvalue weighted by molar-refractivity contribution is -0.0126. The molecule has 112 valence electrons. The van der Waals surface area contributed by atoms with Crippen LogP contribution in [0.15, 0.2) is 42.5 Å². The zero-order chi connectivity index (χ0) is 15.6. The van der Waals surface area contributed by atoms with Crippen LogP contribution in [0.2, 0.25) is 0 Å². The summed E-state index contributed by atoms with van der Waals surface area (Å²) in [6.07, 6.45) is 1.54. The molecule has 0 saturated carbocycles. The molecule has 0 aromatic heterocycles. The van der Waals surface area contributed by atoms with E-state index in [1.54, 1.807) is 18.2 Å². The van der Waals surface area contributed by atoms with Gasteiger partial charge in [0.1, 0.15) is 11.4 Å². The van der Waals surface area contributed by atoms with Crippen LogP contribution in [-0.4, -0.2) is 6.54 Å². The number of ether oxygens (including phenoxy) is 1. The second kappa shape index (κ2) is 5.88. The number of halogens is 1. The first kappa shape index (κ1) is 14.7. The molecule has 0 fully saturated rings. The largest absolute Gasteiger partial charge is 0.361 e. The van der Waals surface area contributed by atoms with Gasteiger partial charge in [0.15, 0.2) is 5.69 Å². The minimum atomic E-state index is -0.594. The molecule has 1 atom stereocenters. The van der Waals surface area contributed by atoms with Crippen LogP contribution in [0, 0.1) is 12.4 Å². The molecule has 0 saturated heterocycles. The van der Waals surface area contributed by atoms with Crippen LogP contribution in [0.3, 0.4) is 0 Å². The molecule has 2 aromatic carbocycles. The number of benzene rings is 2. The van der Waals surface area contributed by atoms with Crippen molar-refractivity contribution in [1.29, 1.82) is 0 Å². The van der Waals surface area contributed by atoms with E-state index in [1.807, 2.05) is 12.1 Å². The highest BCUT2D eigenvalue weighted by Crippen LogP contribution is 2.46. The summed E-state index contributed by atoms with van der Waals surface area (Å²) in [7, 11) is 0. The quantitative estimate of drug-likeness (QED) is 0.869. The lowest BCUT2D eigenvalue weighted by Crippen LogP contribution is -2.28. The monoisotopic (exact) mass is 296 g/mol. The maximum absolute atomic E-state index is 13.3. The fourth-order valence-electron chi connectivity index (χ4n) is 3.10. The molecule has 0 bridgehead atoms. The van der Waals surface area contributed by atoms with E-state index in [9.17, 15) is 4.39 Å². The van der Waals surface area contributed by atoms with Crippen LogP contribution < -0.4 is 5.73 Å². The molecular weight excluding hydrogens is 279 g/mol. The molecule has 3 nitrogen and oxygen atoms in total. The number of hydrogen-bond acceptors (Lipinski definition) is 2. The summed E-state index contributed by atoms with van der Waals surface area (Å²) in [6, 6.07) is 12.1. The Kier molecular flexibility index (Phi) is 3.93. The molecule has 0 aliphatic carbocycles. The van der Waals surface area contributed by atoms with Crippen LogP contribution in [0.4, 0.5) is 10.1 Å². The van der Waals surface area contributed by atoms with Gasteiger partial charge in [-0.25, -0.2) is 9.24 Å². The fourth-order valence-corrected chi connectivity index (χ4v) is 3.10. The van der Waals surface area contributed by atoms with Crippen LogP contribution in [0.5, 0.6) is 0 Å². The second-order valence-electron chi connectivity index (χ2n) is 5.47. The van der Waals surface area contributed by atoms with E-state index in [0.29, 0.717) is 18.8 Å². The minimum absolute atomic E-state index is 0.265. The van der Waals surface area contributed by atoms with Crippen molar-refractivity contribution in [3.05, 3.63) is 76.4 Å². The van der Waals surface area contributed by atoms with Crippen molar-refractivity contribution in [2.75, 3.05) is 6.54 Å². The summed E-state index contributed by atoms with van der Waals surface area (Å²) in [5.74, 6) is -0.265. The van der Waals surface area contributed by atoms with Crippen molar-refractivity contribution < 1.29 is 9.13 Å². The van der Waals surface area contributed by atoms with E-state index in [1.165, 1.54) is 12.1 Å². The van der Waals surface area contributed by atoms with Gasteiger partial charge in [0.25, 0.3) is 0 Å². The third-order valence-electron chi connectivity index (χ3n) is 4.17. The normalized spacial score (nSPS) is 19.7. The molecule has 1 aliphatic rings. The highest BCUT2D eigenvalue weighted by molar-refractivity contribution is 5.54. The minimum Gasteiger partial charge on any atom is -0.361 e. The number of rotatable bonds is 4. The molecule has 2 N–H and O–H groups in total. The Balaban J connectivity index is 2.10. The average Bonchev–Trinajstić information content (AvgIpc) is 2.92. The van der Waals surface area contributed by atoms with E-state index in [4.69, 9.17) is 17.0 Å². The number of nitrogens with zero attached hydrogens (tertiary/aromatic N) is 1. The fraction of sp³-hybridized carbons (Fsp3) is 0.278. The molecule has 1 aliphatic heterocycles. The Morgan fingerprint density at radius 2 is 2.00 bits per heavy atom. The van der Waals surface area contributed by atoms with Gasteiger partial charge in [-0.2, -0.15) is 0 Å². The van der Waals surface area contributed by atoms with Gasteiger partial charge in [-0.1, -0.05) is 30.3 Å². The van der Waals surface area contributed by atoms with E-state index in [2.05, 4.69) is 4.85 Å². The molecule has 0 amide bonds. The first-order chi connectivity index (χ1) is 10.7. The van der Waals surface area contributed by atoms with Crippen molar-refractivity contribution in [2.45, 2.75) is 25.0 Å². The zero-order valence-electron chi connectivity index (χ0n) is 12.2. The maximum atomic E-state index is 13.3. The number of fused-ring (bicyclic) bond motifs is 1. The van der Waals surface area contributed by atoms with Crippen molar-refractivity contribution in [1.82, 2.24) is 0 Å². The third kappa shape index (κ3) is 2.39. The predicted molar refractivity (Wildman–Crippen MR) is 83.0 cm³/mol. The number of nitrogens with two attached hydrogens (primary N) is 1. The van der Waals surface area contributed by atoms with Crippen molar-refractivity contribution in [3.63, 3.8) is 0 Å². The summed E-state index contributed by atoms with van der Waals surface area (Å²) in [5.41, 5.74) is 8.70. The molecule has 2 aromatic rings. The maximum Gasteiger partial charge on any atom is 0.187 e. The lowest BCUT2D eigenvalue weighted by atomic mass is 9.82. The Morgan fingerprint density at radius 3 is 2.68 bits per heavy atom. The van der Waals surface area contributed by atoms with E-state index < -0.39 is 5.60 Å². The summed E-state index contributed by atoms with van der Waals surface area (Å²) >= 11 is 0. The Labute approximate surface area is 129 Å². The standard InChI is InChI=1S/C18H17FN2O/c1-21-16-7-8-17-13(11-16)12-22-18(17,9-2-10-20)14-3-5-15(19)6-4-14/h3-8,11H,2,9-10,12,20H2. The Hall–Kier alpha value is -2.22. The molecular formula is C18H17FN2O. The molecule has 1 heterocycles. The lowest BCUT2D eigenvalue weighted by Gasteiger charge is -2.30. The van der Waals surface area contributed by atoms with E-state index in [-0.39, 0.29) is 5.82 Å². The van der Waals surface area contributed by atoms with Gasteiger partial charge >= 0.3 is 0 Å². The molecule has 1 unspecified atom stereocenters. The molecule has 0 radical (unpaired) electrons. The summed E-state index contributed by atoms with van der Waals surface area (Å²) in [6.45, 7) is 8.16. The molecule has 3 rings (SSSR count). The van der Waals surface area contributed by atoms with Crippen molar-refractivity contribution in [2.24, 2.45) is 5.73 Å². The van der Waals surface area contributed by atoms with E-state index >= 15 is 0 Å². The van der Waals surface area contributed by atoms with Crippen LogP contribution >= 0.6 is 0 Å². The molecule has 22 heavy (non-hydrogen) atoms. The van der Waals surface area contributed by atoms with Crippen molar-refractivity contribution in [3.8, 4) is 0 Å². The summed E-state index contributed by atoms with van der Waals surface area (Å²) < 4.78 is 19.4. The first-order valence-electron chi connectivity index (χ1n) is 7.30. The van der Waals surface area contributed by atoms with E-state index in [0.717, 1.165) is 29.5 Å². The van der Waals surface area contributed by atoms with Gasteiger partial charge in [0.05, 0.1) is 13.2 Å². The average molecular weight is 296 g/mol. The Morgan fingerprint density at radius 1 is 1.23 bits per heavy atom. The van der Waals surface area contributed by atoms with Gasteiger partial charge in [0.2, 0.25) is 0 Å². The molecule has 0 spiro atoms. The van der Waals surface area contributed by atoms with Crippen LogP contribution in [0.25, 0.3) is 4.85 Å². The molecule has 4 heteroatoms.